The highest BCUT2D eigenvalue weighted by Crippen LogP contribution is 2.17. The van der Waals surface area contributed by atoms with Crippen molar-refractivity contribution in [3.8, 4) is 0 Å². The van der Waals surface area contributed by atoms with Crippen LogP contribution in [0.3, 0.4) is 0 Å². The molecule has 4 heteroatoms. The maximum absolute atomic E-state index is 12.6. The van der Waals surface area contributed by atoms with Gasteiger partial charge in [0.05, 0.1) is 5.69 Å². The van der Waals surface area contributed by atoms with Gasteiger partial charge >= 0.3 is 0 Å². The zero-order chi connectivity index (χ0) is 14.0. The van der Waals surface area contributed by atoms with Crippen molar-refractivity contribution < 1.29 is 4.79 Å². The van der Waals surface area contributed by atoms with Crippen molar-refractivity contribution >= 4 is 11.6 Å². The Kier molecular flexibility index (Phi) is 3.88. The molecule has 0 radical (unpaired) electrons. The highest BCUT2D eigenvalue weighted by molar-refractivity contribution is 5.94. The summed E-state index contributed by atoms with van der Waals surface area (Å²) in [4.78, 5) is 19.0. The molecule has 0 fully saturated rings. The van der Waals surface area contributed by atoms with Gasteiger partial charge in [-0.2, -0.15) is 0 Å². The second-order valence-electron chi connectivity index (χ2n) is 4.67. The van der Waals surface area contributed by atoms with E-state index in [2.05, 4.69) is 4.98 Å². The average Bonchev–Trinajstić information content (AvgIpc) is 2.77. The van der Waals surface area contributed by atoms with Gasteiger partial charge in [-0.1, -0.05) is 13.0 Å². The van der Waals surface area contributed by atoms with Crippen molar-refractivity contribution in [1.82, 2.24) is 14.3 Å². The molecule has 2 rings (SSSR count). The molecule has 0 aliphatic rings. The minimum atomic E-state index is 0.0694. The number of aromatic nitrogens is 2. The topological polar surface area (TPSA) is 37.6 Å². The molecule has 0 N–H and O–H groups in total. The lowest BCUT2D eigenvalue weighted by molar-refractivity contribution is 0.0765. The van der Waals surface area contributed by atoms with E-state index in [0.717, 1.165) is 36.4 Å². The molecule has 0 saturated heterocycles. The molecule has 4 nitrogen and oxygen atoms in total. The largest absolute Gasteiger partial charge is 0.338 e. The normalized spacial score (nSPS) is 10.9. The second kappa shape index (κ2) is 5.43. The first-order chi connectivity index (χ1) is 9.12. The number of rotatable bonds is 4. The predicted molar refractivity (Wildman–Crippen MR) is 76.6 cm³/mol. The van der Waals surface area contributed by atoms with Gasteiger partial charge in [-0.05, 0) is 38.8 Å². The van der Waals surface area contributed by atoms with Gasteiger partial charge < -0.3 is 4.90 Å². The summed E-state index contributed by atoms with van der Waals surface area (Å²) < 4.78 is 1.93. The number of fused-ring (bicyclic) bond motifs is 1. The molecule has 0 saturated carbocycles. The number of amides is 1. The van der Waals surface area contributed by atoms with Crippen LogP contribution >= 0.6 is 0 Å². The van der Waals surface area contributed by atoms with Gasteiger partial charge in [0.15, 0.2) is 0 Å². The lowest BCUT2D eigenvalue weighted by Crippen LogP contribution is -2.32. The van der Waals surface area contributed by atoms with Crippen molar-refractivity contribution in [2.45, 2.75) is 34.1 Å². The SMILES string of the molecule is CCc1nc2ccc(C)cn2c1C(=O)N(CC)CC. The summed E-state index contributed by atoms with van der Waals surface area (Å²) in [7, 11) is 0. The first-order valence-corrected chi connectivity index (χ1v) is 6.89. The average molecular weight is 259 g/mol. The summed E-state index contributed by atoms with van der Waals surface area (Å²) in [5.74, 6) is 0.0694. The van der Waals surface area contributed by atoms with Crippen LogP contribution in [0.4, 0.5) is 0 Å². The van der Waals surface area contributed by atoms with Crippen molar-refractivity contribution in [3.05, 3.63) is 35.3 Å². The smallest absolute Gasteiger partial charge is 0.272 e. The Labute approximate surface area is 114 Å². The molecule has 0 bridgehead atoms. The van der Waals surface area contributed by atoms with Crippen LogP contribution in [0, 0.1) is 6.92 Å². The molecule has 19 heavy (non-hydrogen) atoms. The van der Waals surface area contributed by atoms with Crippen molar-refractivity contribution in [2.75, 3.05) is 13.1 Å². The highest BCUT2D eigenvalue weighted by atomic mass is 16.2. The van der Waals surface area contributed by atoms with Crippen LogP contribution in [0.5, 0.6) is 0 Å². The van der Waals surface area contributed by atoms with Gasteiger partial charge in [-0.25, -0.2) is 4.98 Å². The van der Waals surface area contributed by atoms with Gasteiger partial charge in [0, 0.05) is 19.3 Å². The number of nitrogens with zero attached hydrogens (tertiary/aromatic N) is 3. The van der Waals surface area contributed by atoms with Crippen molar-refractivity contribution in [2.24, 2.45) is 0 Å². The van der Waals surface area contributed by atoms with E-state index in [0.29, 0.717) is 5.69 Å². The highest BCUT2D eigenvalue weighted by Gasteiger charge is 2.21. The third kappa shape index (κ3) is 2.35. The third-order valence-electron chi connectivity index (χ3n) is 3.43. The molecule has 0 aliphatic heterocycles. The van der Waals surface area contributed by atoms with Gasteiger partial charge in [0.25, 0.3) is 5.91 Å². The minimum absolute atomic E-state index is 0.0694. The van der Waals surface area contributed by atoms with E-state index in [1.807, 2.05) is 55.3 Å². The number of imidazole rings is 1. The standard InChI is InChI=1S/C15H21N3O/c1-5-12-14(15(19)17(6-2)7-3)18-10-11(4)8-9-13(18)16-12/h8-10H,5-7H2,1-4H3. The van der Waals surface area contributed by atoms with E-state index < -0.39 is 0 Å². The molecular weight excluding hydrogens is 238 g/mol. The van der Waals surface area contributed by atoms with Crippen LogP contribution in [-0.2, 0) is 6.42 Å². The Bertz CT molecular complexity index is 597. The van der Waals surface area contributed by atoms with Crippen LogP contribution in [0.1, 0.15) is 42.5 Å². The van der Waals surface area contributed by atoms with Crippen LogP contribution < -0.4 is 0 Å². The summed E-state index contributed by atoms with van der Waals surface area (Å²) in [5.41, 5.74) is 3.56. The van der Waals surface area contributed by atoms with E-state index in [9.17, 15) is 4.79 Å². The number of carbonyl (C=O) groups excluding carboxylic acids is 1. The first kappa shape index (κ1) is 13.6. The van der Waals surface area contributed by atoms with Crippen LogP contribution in [0.25, 0.3) is 5.65 Å². The van der Waals surface area contributed by atoms with Crippen LogP contribution in [0.2, 0.25) is 0 Å². The quantitative estimate of drug-likeness (QED) is 0.846. The fourth-order valence-electron chi connectivity index (χ4n) is 2.33. The Morgan fingerprint density at radius 3 is 2.53 bits per heavy atom. The Hall–Kier alpha value is -1.84. The summed E-state index contributed by atoms with van der Waals surface area (Å²) in [5, 5.41) is 0. The molecule has 102 valence electrons. The third-order valence-corrected chi connectivity index (χ3v) is 3.43. The minimum Gasteiger partial charge on any atom is -0.338 e. The molecule has 2 aromatic rings. The number of hydrogen-bond donors (Lipinski definition) is 0. The lowest BCUT2D eigenvalue weighted by Gasteiger charge is -2.19. The van der Waals surface area contributed by atoms with Crippen molar-refractivity contribution in [1.29, 1.82) is 0 Å². The van der Waals surface area contributed by atoms with Gasteiger partial charge in [-0.3, -0.25) is 9.20 Å². The lowest BCUT2D eigenvalue weighted by atomic mass is 10.2. The van der Waals surface area contributed by atoms with Gasteiger partial charge in [0.2, 0.25) is 0 Å². The molecule has 2 aromatic heterocycles. The maximum Gasteiger partial charge on any atom is 0.272 e. The van der Waals surface area contributed by atoms with Crippen LogP contribution in [-0.4, -0.2) is 33.3 Å². The van der Waals surface area contributed by atoms with E-state index in [4.69, 9.17) is 0 Å². The number of aryl methyl sites for hydroxylation is 2. The van der Waals surface area contributed by atoms with E-state index >= 15 is 0 Å². The molecule has 2 heterocycles. The molecular formula is C15H21N3O. The van der Waals surface area contributed by atoms with Crippen LogP contribution in [0.15, 0.2) is 18.3 Å². The van der Waals surface area contributed by atoms with E-state index in [1.165, 1.54) is 0 Å². The fraction of sp³-hybridized carbons (Fsp3) is 0.467. The number of pyridine rings is 1. The summed E-state index contributed by atoms with van der Waals surface area (Å²) >= 11 is 0. The summed E-state index contributed by atoms with van der Waals surface area (Å²) in [6.07, 6.45) is 2.75. The van der Waals surface area contributed by atoms with Gasteiger partial charge in [-0.15, -0.1) is 0 Å². The molecule has 0 aromatic carbocycles. The molecule has 0 spiro atoms. The first-order valence-electron chi connectivity index (χ1n) is 6.89. The van der Waals surface area contributed by atoms with E-state index in [-0.39, 0.29) is 5.91 Å². The Morgan fingerprint density at radius 2 is 1.95 bits per heavy atom. The maximum atomic E-state index is 12.6. The monoisotopic (exact) mass is 259 g/mol. The zero-order valence-corrected chi connectivity index (χ0v) is 12.1. The zero-order valence-electron chi connectivity index (χ0n) is 12.1. The predicted octanol–water partition coefficient (Wildman–Crippen LogP) is 2.69. The summed E-state index contributed by atoms with van der Waals surface area (Å²) in [6, 6.07) is 3.99. The van der Waals surface area contributed by atoms with Gasteiger partial charge in [0.1, 0.15) is 11.3 Å². The van der Waals surface area contributed by atoms with Crippen molar-refractivity contribution in [3.63, 3.8) is 0 Å². The number of carbonyl (C=O) groups is 1. The Balaban J connectivity index is 2.62. The Morgan fingerprint density at radius 1 is 1.26 bits per heavy atom. The van der Waals surface area contributed by atoms with E-state index in [1.54, 1.807) is 0 Å². The number of hydrogen-bond acceptors (Lipinski definition) is 2. The molecule has 0 aliphatic carbocycles. The molecule has 0 unspecified atom stereocenters. The summed E-state index contributed by atoms with van der Waals surface area (Å²) in [6.45, 7) is 9.50. The molecule has 1 amide bonds. The second-order valence-corrected chi connectivity index (χ2v) is 4.67. The fourth-order valence-corrected chi connectivity index (χ4v) is 2.33. The molecule has 0 atom stereocenters.